The molecule has 0 saturated heterocycles. The Labute approximate surface area is 90.0 Å². The van der Waals surface area contributed by atoms with Crippen LogP contribution in [0.15, 0.2) is 24.3 Å². The first-order valence-corrected chi connectivity index (χ1v) is 4.51. The van der Waals surface area contributed by atoms with Gasteiger partial charge < -0.3 is 5.32 Å². The second-order valence-electron chi connectivity index (χ2n) is 2.86. The van der Waals surface area contributed by atoms with Crippen molar-refractivity contribution in [1.29, 1.82) is 0 Å². The predicted molar refractivity (Wildman–Crippen MR) is 51.7 cm³/mol. The third-order valence-corrected chi connectivity index (χ3v) is 1.78. The molecular formula is C9H9ClF3NO. The summed E-state index contributed by atoms with van der Waals surface area (Å²) in [5.41, 5.74) is 0.510. The van der Waals surface area contributed by atoms with Crippen molar-refractivity contribution in [1.82, 2.24) is 0 Å². The average Bonchev–Trinajstić information content (AvgIpc) is 2.05. The first-order valence-electron chi connectivity index (χ1n) is 4.13. The lowest BCUT2D eigenvalue weighted by Gasteiger charge is -2.17. The van der Waals surface area contributed by atoms with E-state index in [9.17, 15) is 13.2 Å². The smallest absolute Gasteiger partial charge is 0.360 e. The highest BCUT2D eigenvalue weighted by Crippen LogP contribution is 2.20. The minimum Gasteiger partial charge on any atom is -0.360 e. The monoisotopic (exact) mass is 239 g/mol. The van der Waals surface area contributed by atoms with Crippen LogP contribution in [0.3, 0.4) is 0 Å². The summed E-state index contributed by atoms with van der Waals surface area (Å²) in [5, 5.41) is 3.04. The van der Waals surface area contributed by atoms with Gasteiger partial charge in [-0.3, -0.25) is 4.74 Å². The van der Waals surface area contributed by atoms with Gasteiger partial charge in [-0.05, 0) is 31.2 Å². The number of halogens is 4. The zero-order valence-electron chi connectivity index (χ0n) is 7.81. The van der Waals surface area contributed by atoms with E-state index in [0.717, 1.165) is 0 Å². The van der Waals surface area contributed by atoms with Gasteiger partial charge in [0, 0.05) is 10.7 Å². The van der Waals surface area contributed by atoms with Crippen molar-refractivity contribution >= 4 is 17.3 Å². The maximum absolute atomic E-state index is 11.8. The van der Waals surface area contributed by atoms with Crippen LogP contribution in [0.5, 0.6) is 0 Å². The fourth-order valence-corrected chi connectivity index (χ4v) is 1.14. The molecule has 0 amide bonds. The minimum absolute atomic E-state index is 0.510. The number of anilines is 1. The fraction of sp³-hybridized carbons (Fsp3) is 0.333. The first-order chi connectivity index (χ1) is 6.87. The highest BCUT2D eigenvalue weighted by Gasteiger charge is 2.31. The molecule has 0 aliphatic heterocycles. The van der Waals surface area contributed by atoms with Crippen LogP contribution >= 0.6 is 11.6 Å². The molecule has 0 aromatic heterocycles. The van der Waals surface area contributed by atoms with Gasteiger partial charge in [0.25, 0.3) is 0 Å². The lowest BCUT2D eigenvalue weighted by Crippen LogP contribution is -2.27. The van der Waals surface area contributed by atoms with E-state index in [1.807, 2.05) is 0 Å². The molecule has 15 heavy (non-hydrogen) atoms. The number of alkyl halides is 3. The van der Waals surface area contributed by atoms with Crippen LogP contribution in [0.1, 0.15) is 6.92 Å². The van der Waals surface area contributed by atoms with Crippen LogP contribution in [0, 0.1) is 0 Å². The first kappa shape index (κ1) is 12.1. The molecule has 1 N–H and O–H groups in total. The van der Waals surface area contributed by atoms with Gasteiger partial charge in [0.05, 0.1) is 0 Å². The van der Waals surface area contributed by atoms with E-state index in [1.165, 1.54) is 6.92 Å². The van der Waals surface area contributed by atoms with Gasteiger partial charge in [0.1, 0.15) is 6.23 Å². The second kappa shape index (κ2) is 4.72. The van der Waals surface area contributed by atoms with Crippen molar-refractivity contribution < 1.29 is 17.9 Å². The summed E-state index contributed by atoms with van der Waals surface area (Å²) < 4.78 is 39.1. The molecular weight excluding hydrogens is 231 g/mol. The molecule has 2 nitrogen and oxygen atoms in total. The second-order valence-corrected chi connectivity index (χ2v) is 3.29. The number of hydrogen-bond acceptors (Lipinski definition) is 2. The quantitative estimate of drug-likeness (QED) is 0.814. The summed E-state index contributed by atoms with van der Waals surface area (Å²) in [7, 11) is 0. The molecule has 0 radical (unpaired) electrons. The molecule has 1 rings (SSSR count). The topological polar surface area (TPSA) is 21.3 Å². The molecule has 0 aliphatic carbocycles. The molecule has 0 bridgehead atoms. The maximum atomic E-state index is 11.8. The van der Waals surface area contributed by atoms with E-state index in [2.05, 4.69) is 10.1 Å². The Bertz CT molecular complexity index is 312. The lowest BCUT2D eigenvalue weighted by molar-refractivity contribution is -0.336. The Hall–Kier alpha value is -0.940. The molecule has 1 aromatic carbocycles. The van der Waals surface area contributed by atoms with Crippen LogP contribution in [0.2, 0.25) is 5.02 Å². The molecule has 1 atom stereocenters. The zero-order valence-corrected chi connectivity index (χ0v) is 8.56. The van der Waals surface area contributed by atoms with Gasteiger partial charge in [-0.2, -0.15) is 0 Å². The summed E-state index contributed by atoms with van der Waals surface area (Å²) in [6, 6.07) is 6.28. The number of benzene rings is 1. The summed E-state index contributed by atoms with van der Waals surface area (Å²) >= 11 is 5.62. The SMILES string of the molecule is CC(Nc1ccc(Cl)cc1)OC(F)(F)F. The highest BCUT2D eigenvalue weighted by atomic mass is 35.5. The van der Waals surface area contributed by atoms with Crippen LogP contribution in [0.25, 0.3) is 0 Å². The molecule has 0 fully saturated rings. The van der Waals surface area contributed by atoms with Crippen LogP contribution in [-0.4, -0.2) is 12.6 Å². The fourth-order valence-electron chi connectivity index (χ4n) is 1.01. The Balaban J connectivity index is 2.51. The number of rotatable bonds is 3. The maximum Gasteiger partial charge on any atom is 0.524 e. The number of hydrogen-bond donors (Lipinski definition) is 1. The van der Waals surface area contributed by atoms with Crippen molar-refractivity contribution in [3.8, 4) is 0 Å². The van der Waals surface area contributed by atoms with Crippen molar-refractivity contribution in [3.63, 3.8) is 0 Å². The summed E-state index contributed by atoms with van der Waals surface area (Å²) in [6.45, 7) is 1.27. The highest BCUT2D eigenvalue weighted by molar-refractivity contribution is 6.30. The van der Waals surface area contributed by atoms with Gasteiger partial charge in [-0.25, -0.2) is 0 Å². The Morgan fingerprint density at radius 3 is 2.27 bits per heavy atom. The lowest BCUT2D eigenvalue weighted by atomic mass is 10.3. The standard InChI is InChI=1S/C9H9ClF3NO/c1-6(15-9(11,12)13)14-8-4-2-7(10)3-5-8/h2-6,14H,1H3. The van der Waals surface area contributed by atoms with E-state index in [0.29, 0.717) is 10.7 Å². The molecule has 84 valence electrons. The zero-order chi connectivity index (χ0) is 11.5. The third-order valence-electron chi connectivity index (χ3n) is 1.52. The molecule has 1 aromatic rings. The summed E-state index contributed by atoms with van der Waals surface area (Å²) in [4.78, 5) is 0. The molecule has 0 heterocycles. The molecule has 6 heteroatoms. The molecule has 0 spiro atoms. The molecule has 1 unspecified atom stereocenters. The Morgan fingerprint density at radius 1 is 1.27 bits per heavy atom. The largest absolute Gasteiger partial charge is 0.524 e. The third kappa shape index (κ3) is 4.90. The number of ether oxygens (including phenoxy) is 1. The van der Waals surface area contributed by atoms with Crippen LogP contribution in [-0.2, 0) is 4.74 Å². The van der Waals surface area contributed by atoms with Gasteiger partial charge in [-0.1, -0.05) is 11.6 Å². The molecule has 0 saturated carbocycles. The summed E-state index contributed by atoms with van der Waals surface area (Å²) in [6.07, 6.45) is -5.79. The van der Waals surface area contributed by atoms with Crippen molar-refractivity contribution in [2.45, 2.75) is 19.5 Å². The average molecular weight is 240 g/mol. The van der Waals surface area contributed by atoms with Crippen molar-refractivity contribution in [3.05, 3.63) is 29.3 Å². The predicted octanol–water partition coefficient (Wildman–Crippen LogP) is 3.63. The van der Waals surface area contributed by atoms with Crippen LogP contribution < -0.4 is 5.32 Å². The Kier molecular flexibility index (Phi) is 3.82. The van der Waals surface area contributed by atoms with Gasteiger partial charge in [0.15, 0.2) is 0 Å². The normalized spacial score (nSPS) is 13.7. The van der Waals surface area contributed by atoms with E-state index in [1.54, 1.807) is 24.3 Å². The van der Waals surface area contributed by atoms with Crippen molar-refractivity contribution in [2.75, 3.05) is 5.32 Å². The summed E-state index contributed by atoms with van der Waals surface area (Å²) in [5.74, 6) is 0. The van der Waals surface area contributed by atoms with Crippen molar-refractivity contribution in [2.24, 2.45) is 0 Å². The van der Waals surface area contributed by atoms with Gasteiger partial charge >= 0.3 is 6.36 Å². The Morgan fingerprint density at radius 2 is 1.80 bits per heavy atom. The van der Waals surface area contributed by atoms with Gasteiger partial charge in [0.2, 0.25) is 0 Å². The van der Waals surface area contributed by atoms with Crippen LogP contribution in [0.4, 0.5) is 18.9 Å². The van der Waals surface area contributed by atoms with Gasteiger partial charge in [-0.15, -0.1) is 13.2 Å². The van der Waals surface area contributed by atoms with E-state index in [-0.39, 0.29) is 0 Å². The number of nitrogens with one attached hydrogen (secondary N) is 1. The van der Waals surface area contributed by atoms with E-state index >= 15 is 0 Å². The van der Waals surface area contributed by atoms with E-state index < -0.39 is 12.6 Å². The molecule has 0 aliphatic rings. The van der Waals surface area contributed by atoms with E-state index in [4.69, 9.17) is 11.6 Å². The minimum atomic E-state index is -4.64.